The third kappa shape index (κ3) is 3.47. The lowest BCUT2D eigenvalue weighted by molar-refractivity contribution is 0.0697. The minimum atomic E-state index is -1.29. The van der Waals surface area contributed by atoms with Gasteiger partial charge in [-0.1, -0.05) is 12.5 Å². The fraction of sp³-hybridized carbons (Fsp3) is 0.429. The van der Waals surface area contributed by atoms with E-state index in [1.807, 2.05) is 6.26 Å². The summed E-state index contributed by atoms with van der Waals surface area (Å²) in [4.78, 5) is 22.9. The number of hydrogen-bond donors (Lipinski definition) is 3. The standard InChI is InChI=1S/C14H17FN2O3S/c1-21-14(6-3-7-14)8-16-13(20)17-11-9(12(18)19)4-2-5-10(11)15/h2,4-5H,3,6-8H2,1H3,(H,18,19)(H2,16,17,20). The van der Waals surface area contributed by atoms with E-state index in [1.54, 1.807) is 11.8 Å². The maximum atomic E-state index is 13.7. The Kier molecular flexibility index (Phi) is 4.72. The maximum Gasteiger partial charge on any atom is 0.337 e. The summed E-state index contributed by atoms with van der Waals surface area (Å²) < 4.78 is 13.7. The molecule has 0 heterocycles. The number of para-hydroxylation sites is 1. The van der Waals surface area contributed by atoms with Gasteiger partial charge in [0.25, 0.3) is 0 Å². The lowest BCUT2D eigenvalue weighted by Crippen LogP contribution is -2.46. The summed E-state index contributed by atoms with van der Waals surface area (Å²) in [6.07, 6.45) is 5.21. The van der Waals surface area contributed by atoms with Gasteiger partial charge in [0.1, 0.15) is 5.82 Å². The number of halogens is 1. The molecule has 1 fully saturated rings. The van der Waals surface area contributed by atoms with Crippen LogP contribution in [0.1, 0.15) is 29.6 Å². The van der Waals surface area contributed by atoms with Crippen molar-refractivity contribution in [2.45, 2.75) is 24.0 Å². The molecule has 0 spiro atoms. The van der Waals surface area contributed by atoms with Crippen LogP contribution < -0.4 is 10.6 Å². The van der Waals surface area contributed by atoms with Crippen molar-refractivity contribution in [3.8, 4) is 0 Å². The summed E-state index contributed by atoms with van der Waals surface area (Å²) in [5, 5.41) is 14.0. The minimum absolute atomic E-state index is 0.0577. The first-order valence-electron chi connectivity index (χ1n) is 6.59. The van der Waals surface area contributed by atoms with E-state index in [4.69, 9.17) is 5.11 Å². The summed E-state index contributed by atoms with van der Waals surface area (Å²) >= 11 is 1.71. The second-order valence-electron chi connectivity index (χ2n) is 5.02. The molecule has 21 heavy (non-hydrogen) atoms. The van der Waals surface area contributed by atoms with E-state index in [-0.39, 0.29) is 16.0 Å². The molecule has 0 radical (unpaired) electrons. The van der Waals surface area contributed by atoms with Crippen molar-refractivity contribution in [2.75, 3.05) is 18.1 Å². The average Bonchev–Trinajstić information content (AvgIpc) is 2.40. The van der Waals surface area contributed by atoms with Crippen molar-refractivity contribution in [1.29, 1.82) is 0 Å². The number of carbonyl (C=O) groups is 2. The summed E-state index contributed by atoms with van der Waals surface area (Å²) in [5.41, 5.74) is -0.581. The molecule has 7 heteroatoms. The molecule has 0 bridgehead atoms. The maximum absolute atomic E-state index is 13.7. The van der Waals surface area contributed by atoms with Crippen molar-refractivity contribution in [2.24, 2.45) is 0 Å². The molecule has 5 nitrogen and oxygen atoms in total. The molecule has 1 aliphatic carbocycles. The quantitative estimate of drug-likeness (QED) is 0.781. The number of anilines is 1. The van der Waals surface area contributed by atoms with Crippen LogP contribution in [0.2, 0.25) is 0 Å². The first-order chi connectivity index (χ1) is 9.97. The summed E-state index contributed by atoms with van der Waals surface area (Å²) in [6.45, 7) is 0.483. The van der Waals surface area contributed by atoms with Gasteiger partial charge >= 0.3 is 12.0 Å². The van der Waals surface area contributed by atoms with E-state index in [2.05, 4.69) is 10.6 Å². The van der Waals surface area contributed by atoms with Gasteiger partial charge in [-0.2, -0.15) is 11.8 Å². The molecule has 0 unspecified atom stereocenters. The highest BCUT2D eigenvalue weighted by Gasteiger charge is 2.36. The minimum Gasteiger partial charge on any atom is -0.478 e. The summed E-state index contributed by atoms with van der Waals surface area (Å²) in [6, 6.07) is 3.05. The smallest absolute Gasteiger partial charge is 0.337 e. The molecule has 0 atom stereocenters. The zero-order valence-corrected chi connectivity index (χ0v) is 12.4. The highest BCUT2D eigenvalue weighted by molar-refractivity contribution is 8.00. The van der Waals surface area contributed by atoms with Crippen LogP contribution >= 0.6 is 11.8 Å². The van der Waals surface area contributed by atoms with Crippen molar-refractivity contribution in [3.63, 3.8) is 0 Å². The van der Waals surface area contributed by atoms with Gasteiger partial charge in [0, 0.05) is 11.3 Å². The molecule has 0 aromatic heterocycles. The average molecular weight is 312 g/mol. The van der Waals surface area contributed by atoms with Crippen molar-refractivity contribution < 1.29 is 19.1 Å². The van der Waals surface area contributed by atoms with Gasteiger partial charge in [0.05, 0.1) is 11.3 Å². The van der Waals surface area contributed by atoms with E-state index < -0.39 is 17.8 Å². The predicted molar refractivity (Wildman–Crippen MR) is 80.5 cm³/mol. The van der Waals surface area contributed by atoms with Gasteiger partial charge in [0.15, 0.2) is 0 Å². The number of aromatic carboxylic acids is 1. The largest absolute Gasteiger partial charge is 0.478 e. The topological polar surface area (TPSA) is 78.4 Å². The molecule has 1 aromatic carbocycles. The van der Waals surface area contributed by atoms with Crippen LogP contribution in [0.3, 0.4) is 0 Å². The fourth-order valence-electron chi connectivity index (χ4n) is 2.25. The molecule has 0 saturated heterocycles. The Morgan fingerprint density at radius 2 is 2.14 bits per heavy atom. The highest BCUT2D eigenvalue weighted by Crippen LogP contribution is 2.42. The van der Waals surface area contributed by atoms with Crippen LogP contribution in [0, 0.1) is 5.82 Å². The number of hydrogen-bond acceptors (Lipinski definition) is 3. The third-order valence-corrected chi connectivity index (χ3v) is 5.17. The lowest BCUT2D eigenvalue weighted by atomic mass is 9.84. The van der Waals surface area contributed by atoms with Crippen LogP contribution in [-0.4, -0.2) is 34.7 Å². The second-order valence-corrected chi connectivity index (χ2v) is 6.29. The van der Waals surface area contributed by atoms with Gasteiger partial charge < -0.3 is 15.7 Å². The number of carboxylic acids is 1. The fourth-order valence-corrected chi connectivity index (χ4v) is 3.17. The Morgan fingerprint density at radius 3 is 2.67 bits per heavy atom. The van der Waals surface area contributed by atoms with Crippen LogP contribution in [0.25, 0.3) is 0 Å². The molecule has 3 N–H and O–H groups in total. The number of benzene rings is 1. The normalized spacial score (nSPS) is 15.9. The first-order valence-corrected chi connectivity index (χ1v) is 7.82. The molecule has 2 rings (SSSR count). The van der Waals surface area contributed by atoms with Gasteiger partial charge in [0.2, 0.25) is 0 Å². The Morgan fingerprint density at radius 1 is 1.43 bits per heavy atom. The zero-order chi connectivity index (χ0) is 15.5. The Labute approximate surface area is 126 Å². The van der Waals surface area contributed by atoms with E-state index >= 15 is 0 Å². The Bertz CT molecular complexity index is 556. The van der Waals surface area contributed by atoms with Crippen molar-refractivity contribution >= 4 is 29.4 Å². The molecule has 0 aliphatic heterocycles. The number of urea groups is 1. The zero-order valence-electron chi connectivity index (χ0n) is 11.6. The number of rotatable bonds is 5. The first kappa shape index (κ1) is 15.6. The second kappa shape index (κ2) is 6.34. The van der Waals surface area contributed by atoms with Crippen molar-refractivity contribution in [1.82, 2.24) is 5.32 Å². The van der Waals surface area contributed by atoms with Gasteiger partial charge in [-0.05, 0) is 31.2 Å². The van der Waals surface area contributed by atoms with Crippen molar-refractivity contribution in [3.05, 3.63) is 29.6 Å². The Hall–Kier alpha value is -1.76. The molecular formula is C14H17FN2O3S. The van der Waals surface area contributed by atoms with Gasteiger partial charge in [-0.3, -0.25) is 0 Å². The SMILES string of the molecule is CSC1(CNC(=O)Nc2c(F)cccc2C(=O)O)CCC1. The van der Waals surface area contributed by atoms with Gasteiger partial charge in [-0.25, -0.2) is 14.0 Å². The highest BCUT2D eigenvalue weighted by atomic mass is 32.2. The number of amides is 2. The number of carbonyl (C=O) groups excluding carboxylic acids is 1. The number of thioether (sulfide) groups is 1. The van der Waals surface area contributed by atoms with Gasteiger partial charge in [-0.15, -0.1) is 0 Å². The van der Waals surface area contributed by atoms with Crippen LogP contribution in [0.5, 0.6) is 0 Å². The third-order valence-electron chi connectivity index (χ3n) is 3.75. The molecule has 1 saturated carbocycles. The molecule has 114 valence electrons. The molecule has 1 aliphatic rings. The van der Waals surface area contributed by atoms with E-state index in [1.165, 1.54) is 12.1 Å². The Balaban J connectivity index is 2.01. The van der Waals surface area contributed by atoms with E-state index in [9.17, 15) is 14.0 Å². The van der Waals surface area contributed by atoms with Crippen LogP contribution in [-0.2, 0) is 0 Å². The summed E-state index contributed by atoms with van der Waals surface area (Å²) in [5.74, 6) is -2.06. The molecule has 1 aromatic rings. The van der Waals surface area contributed by atoms with E-state index in [0.29, 0.717) is 6.54 Å². The van der Waals surface area contributed by atoms with Crippen LogP contribution in [0.15, 0.2) is 18.2 Å². The predicted octanol–water partition coefficient (Wildman–Crippen LogP) is 2.93. The molecular weight excluding hydrogens is 295 g/mol. The summed E-state index contributed by atoms with van der Waals surface area (Å²) in [7, 11) is 0. The number of carboxylic acid groups (broad SMARTS) is 1. The van der Waals surface area contributed by atoms with E-state index in [0.717, 1.165) is 25.3 Å². The number of nitrogens with one attached hydrogen (secondary N) is 2. The van der Waals surface area contributed by atoms with Crippen LogP contribution in [0.4, 0.5) is 14.9 Å². The monoisotopic (exact) mass is 312 g/mol. The molecule has 2 amide bonds. The lowest BCUT2D eigenvalue weighted by Gasteiger charge is -2.40.